The Kier molecular flexibility index (Phi) is 4.07. The molecule has 0 aromatic carbocycles. The number of nitrogens with two attached hydrogens (primary N) is 1. The maximum atomic E-state index is 11.4. The fraction of sp³-hybridized carbons (Fsp3) is 0.400. The van der Waals surface area contributed by atoms with Crippen LogP contribution in [0.5, 0.6) is 0 Å². The first-order valence-electron chi connectivity index (χ1n) is 4.56. The molecule has 0 radical (unpaired) electrons. The minimum absolute atomic E-state index is 0.0881. The van der Waals surface area contributed by atoms with Gasteiger partial charge in [-0.1, -0.05) is 6.92 Å². The summed E-state index contributed by atoms with van der Waals surface area (Å²) in [5, 5.41) is 0. The lowest BCUT2D eigenvalue weighted by Crippen LogP contribution is -2.11. The SMILES string of the molecule is CCCOCC(=O)c1ccc(N)cn1. The second kappa shape index (κ2) is 5.34. The van der Waals surface area contributed by atoms with Gasteiger partial charge in [0.1, 0.15) is 12.3 Å². The van der Waals surface area contributed by atoms with Gasteiger partial charge in [-0.2, -0.15) is 0 Å². The molecule has 0 aliphatic carbocycles. The van der Waals surface area contributed by atoms with Crippen molar-refractivity contribution in [3.8, 4) is 0 Å². The number of hydrogen-bond donors (Lipinski definition) is 1. The minimum Gasteiger partial charge on any atom is -0.397 e. The molecule has 0 fully saturated rings. The van der Waals surface area contributed by atoms with Crippen LogP contribution in [0.15, 0.2) is 18.3 Å². The van der Waals surface area contributed by atoms with Gasteiger partial charge in [-0.25, -0.2) is 0 Å². The van der Waals surface area contributed by atoms with Crippen LogP contribution in [0.1, 0.15) is 23.8 Å². The molecule has 0 spiro atoms. The number of aromatic nitrogens is 1. The number of carbonyl (C=O) groups is 1. The minimum atomic E-state index is -0.113. The zero-order valence-corrected chi connectivity index (χ0v) is 8.19. The molecule has 0 aliphatic heterocycles. The maximum absolute atomic E-state index is 11.4. The first-order valence-corrected chi connectivity index (χ1v) is 4.56. The van der Waals surface area contributed by atoms with Gasteiger partial charge in [-0.05, 0) is 18.6 Å². The largest absolute Gasteiger partial charge is 0.397 e. The molecule has 4 nitrogen and oxygen atoms in total. The number of nitrogens with zero attached hydrogens (tertiary/aromatic N) is 1. The van der Waals surface area contributed by atoms with Crippen molar-refractivity contribution in [2.75, 3.05) is 18.9 Å². The maximum Gasteiger partial charge on any atom is 0.206 e. The van der Waals surface area contributed by atoms with Crippen LogP contribution in [0.3, 0.4) is 0 Å². The molecule has 0 saturated carbocycles. The Morgan fingerprint density at radius 3 is 2.93 bits per heavy atom. The molecule has 1 rings (SSSR count). The third-order valence-corrected chi connectivity index (χ3v) is 1.65. The number of hydrogen-bond acceptors (Lipinski definition) is 4. The van der Waals surface area contributed by atoms with Gasteiger partial charge in [0, 0.05) is 6.61 Å². The van der Waals surface area contributed by atoms with Crippen molar-refractivity contribution in [1.29, 1.82) is 0 Å². The summed E-state index contributed by atoms with van der Waals surface area (Å²) in [6.45, 7) is 2.68. The molecule has 2 N–H and O–H groups in total. The Morgan fingerprint density at radius 2 is 2.36 bits per heavy atom. The Labute approximate surface area is 83.1 Å². The van der Waals surface area contributed by atoms with Gasteiger partial charge in [-0.15, -0.1) is 0 Å². The average molecular weight is 194 g/mol. The second-order valence-electron chi connectivity index (χ2n) is 2.95. The van der Waals surface area contributed by atoms with E-state index in [9.17, 15) is 4.79 Å². The van der Waals surface area contributed by atoms with Gasteiger partial charge in [-0.3, -0.25) is 9.78 Å². The Hall–Kier alpha value is -1.42. The number of Topliss-reactive ketones (excluding diaryl/α,β-unsaturated/α-hetero) is 1. The summed E-state index contributed by atoms with van der Waals surface area (Å²) < 4.78 is 5.11. The zero-order valence-electron chi connectivity index (χ0n) is 8.19. The molecule has 0 bridgehead atoms. The molecule has 4 heteroatoms. The predicted molar refractivity (Wildman–Crippen MR) is 54.1 cm³/mol. The van der Waals surface area contributed by atoms with Crippen LogP contribution in [0.4, 0.5) is 5.69 Å². The summed E-state index contributed by atoms with van der Waals surface area (Å²) in [5.74, 6) is -0.113. The van der Waals surface area contributed by atoms with E-state index in [1.807, 2.05) is 6.92 Å². The lowest BCUT2D eigenvalue weighted by molar-refractivity contribution is 0.0756. The third-order valence-electron chi connectivity index (χ3n) is 1.65. The molecule has 76 valence electrons. The second-order valence-corrected chi connectivity index (χ2v) is 2.95. The highest BCUT2D eigenvalue weighted by Gasteiger charge is 2.06. The van der Waals surface area contributed by atoms with Gasteiger partial charge in [0.2, 0.25) is 5.78 Å². The first kappa shape index (κ1) is 10.7. The van der Waals surface area contributed by atoms with Crippen molar-refractivity contribution < 1.29 is 9.53 Å². The van der Waals surface area contributed by atoms with Crippen molar-refractivity contribution >= 4 is 11.5 Å². The van der Waals surface area contributed by atoms with Crippen molar-refractivity contribution in [2.24, 2.45) is 0 Å². The molecule has 0 amide bonds. The first-order chi connectivity index (χ1) is 6.74. The molecule has 1 heterocycles. The van der Waals surface area contributed by atoms with Gasteiger partial charge >= 0.3 is 0 Å². The molecular formula is C10H14N2O2. The lowest BCUT2D eigenvalue weighted by Gasteiger charge is -2.01. The average Bonchev–Trinajstić information content (AvgIpc) is 2.19. The van der Waals surface area contributed by atoms with E-state index in [-0.39, 0.29) is 12.4 Å². The van der Waals surface area contributed by atoms with E-state index in [0.717, 1.165) is 6.42 Å². The van der Waals surface area contributed by atoms with Crippen molar-refractivity contribution in [2.45, 2.75) is 13.3 Å². The number of rotatable bonds is 5. The molecule has 14 heavy (non-hydrogen) atoms. The highest BCUT2D eigenvalue weighted by molar-refractivity contribution is 5.95. The van der Waals surface area contributed by atoms with Crippen LogP contribution in [0.2, 0.25) is 0 Å². The van der Waals surface area contributed by atoms with Gasteiger partial charge in [0.25, 0.3) is 0 Å². The van der Waals surface area contributed by atoms with E-state index < -0.39 is 0 Å². The van der Waals surface area contributed by atoms with Crippen LogP contribution >= 0.6 is 0 Å². The van der Waals surface area contributed by atoms with Crippen LogP contribution in [-0.2, 0) is 4.74 Å². The summed E-state index contributed by atoms with van der Waals surface area (Å²) in [7, 11) is 0. The van der Waals surface area contributed by atoms with E-state index >= 15 is 0 Å². The molecule has 0 saturated heterocycles. The van der Waals surface area contributed by atoms with E-state index in [4.69, 9.17) is 10.5 Å². The lowest BCUT2D eigenvalue weighted by atomic mass is 10.2. The molecule has 1 aromatic heterocycles. The molecular weight excluding hydrogens is 180 g/mol. The Balaban J connectivity index is 2.48. The fourth-order valence-corrected chi connectivity index (χ4v) is 0.953. The Morgan fingerprint density at radius 1 is 1.57 bits per heavy atom. The van der Waals surface area contributed by atoms with Gasteiger partial charge in [0.05, 0.1) is 11.9 Å². The summed E-state index contributed by atoms with van der Waals surface area (Å²) in [5.41, 5.74) is 6.39. The summed E-state index contributed by atoms with van der Waals surface area (Å²) in [6, 6.07) is 3.26. The quantitative estimate of drug-likeness (QED) is 0.566. The topological polar surface area (TPSA) is 65.2 Å². The van der Waals surface area contributed by atoms with E-state index in [1.165, 1.54) is 6.20 Å². The highest BCUT2D eigenvalue weighted by Crippen LogP contribution is 2.02. The number of carbonyl (C=O) groups excluding carboxylic acids is 1. The standard InChI is InChI=1S/C10H14N2O2/c1-2-5-14-7-10(13)9-4-3-8(11)6-12-9/h3-4,6H,2,5,7,11H2,1H3. The smallest absolute Gasteiger partial charge is 0.206 e. The molecule has 0 unspecified atom stereocenters. The van der Waals surface area contributed by atoms with Crippen LogP contribution in [0.25, 0.3) is 0 Å². The van der Waals surface area contributed by atoms with E-state index in [2.05, 4.69) is 4.98 Å². The third kappa shape index (κ3) is 3.14. The fourth-order valence-electron chi connectivity index (χ4n) is 0.953. The van der Waals surface area contributed by atoms with Crippen LogP contribution in [0, 0.1) is 0 Å². The number of anilines is 1. The van der Waals surface area contributed by atoms with Crippen LogP contribution < -0.4 is 5.73 Å². The Bertz CT molecular complexity index is 295. The highest BCUT2D eigenvalue weighted by atomic mass is 16.5. The molecule has 1 aromatic rings. The van der Waals surface area contributed by atoms with Crippen molar-refractivity contribution in [3.05, 3.63) is 24.0 Å². The summed E-state index contributed by atoms with van der Waals surface area (Å²) in [6.07, 6.45) is 2.37. The number of pyridine rings is 1. The van der Waals surface area contributed by atoms with Gasteiger partial charge < -0.3 is 10.5 Å². The monoisotopic (exact) mass is 194 g/mol. The van der Waals surface area contributed by atoms with E-state index in [1.54, 1.807) is 12.1 Å². The predicted octanol–water partition coefficient (Wildman–Crippen LogP) is 1.27. The number of ketones is 1. The van der Waals surface area contributed by atoms with Crippen molar-refractivity contribution in [1.82, 2.24) is 4.98 Å². The van der Waals surface area contributed by atoms with Crippen LogP contribution in [-0.4, -0.2) is 24.0 Å². The molecule has 0 atom stereocenters. The van der Waals surface area contributed by atoms with Crippen molar-refractivity contribution in [3.63, 3.8) is 0 Å². The van der Waals surface area contributed by atoms with Gasteiger partial charge in [0.15, 0.2) is 0 Å². The number of nitrogen functional groups attached to an aromatic ring is 1. The zero-order chi connectivity index (χ0) is 10.4. The summed E-state index contributed by atoms with van der Waals surface area (Å²) in [4.78, 5) is 15.3. The molecule has 0 aliphatic rings. The van der Waals surface area contributed by atoms with E-state index in [0.29, 0.717) is 18.0 Å². The number of ether oxygens (including phenoxy) is 1. The normalized spacial score (nSPS) is 10.1. The summed E-state index contributed by atoms with van der Waals surface area (Å²) >= 11 is 0.